The van der Waals surface area contributed by atoms with Gasteiger partial charge < -0.3 is 33.9 Å². The average Bonchev–Trinajstić information content (AvgIpc) is 2.95. The molecule has 200 valence electrons. The first-order valence-electron chi connectivity index (χ1n) is 12.1. The molecule has 38 heavy (non-hydrogen) atoms. The Bertz CT molecular complexity index is 1310. The smallest absolute Gasteiger partial charge is 0.254 e. The van der Waals surface area contributed by atoms with Crippen LogP contribution in [0.15, 0.2) is 54.6 Å². The van der Waals surface area contributed by atoms with E-state index in [1.807, 2.05) is 4.90 Å². The molecule has 1 saturated heterocycles. The van der Waals surface area contributed by atoms with Crippen LogP contribution < -0.4 is 23.8 Å². The van der Waals surface area contributed by atoms with Gasteiger partial charge >= 0.3 is 0 Å². The number of carbonyl (C=O) groups is 1. The van der Waals surface area contributed by atoms with Crippen molar-refractivity contribution >= 4 is 23.2 Å². The summed E-state index contributed by atoms with van der Waals surface area (Å²) in [5.41, 5.74) is 2.04. The van der Waals surface area contributed by atoms with Gasteiger partial charge in [-0.05, 0) is 53.6 Å². The molecular formula is C29H31FN2O6. The molecule has 4 rings (SSSR count). The van der Waals surface area contributed by atoms with Gasteiger partial charge in [0.1, 0.15) is 5.82 Å². The Labute approximate surface area is 221 Å². The van der Waals surface area contributed by atoms with Crippen LogP contribution >= 0.6 is 0 Å². The minimum atomic E-state index is -0.287. The molecule has 0 saturated carbocycles. The lowest BCUT2D eigenvalue weighted by Gasteiger charge is -2.36. The lowest BCUT2D eigenvalue weighted by molar-refractivity contribution is -0.125. The molecule has 0 atom stereocenters. The highest BCUT2D eigenvalue weighted by atomic mass is 19.1. The van der Waals surface area contributed by atoms with Gasteiger partial charge in [0.25, 0.3) is 5.91 Å². The van der Waals surface area contributed by atoms with E-state index in [-0.39, 0.29) is 17.5 Å². The summed E-state index contributed by atoms with van der Waals surface area (Å²) in [6, 6.07) is 15.0. The number of nitrogens with zero attached hydrogens (tertiary/aromatic N) is 2. The number of phenols is 1. The van der Waals surface area contributed by atoms with Crippen molar-refractivity contribution in [2.24, 2.45) is 0 Å². The van der Waals surface area contributed by atoms with Crippen LogP contribution in [0.1, 0.15) is 11.1 Å². The fraction of sp³-hybridized carbons (Fsp3) is 0.276. The van der Waals surface area contributed by atoms with Gasteiger partial charge in [-0.2, -0.15) is 0 Å². The van der Waals surface area contributed by atoms with Crippen molar-refractivity contribution < 1.29 is 33.2 Å². The van der Waals surface area contributed by atoms with Crippen molar-refractivity contribution in [2.75, 3.05) is 59.5 Å². The number of amides is 1. The minimum Gasteiger partial charge on any atom is -0.504 e. The van der Waals surface area contributed by atoms with Crippen molar-refractivity contribution in [1.82, 2.24) is 4.90 Å². The second-order valence-electron chi connectivity index (χ2n) is 8.63. The predicted octanol–water partition coefficient (Wildman–Crippen LogP) is 4.46. The van der Waals surface area contributed by atoms with Gasteiger partial charge in [-0.3, -0.25) is 4.79 Å². The Kier molecular flexibility index (Phi) is 8.25. The van der Waals surface area contributed by atoms with Gasteiger partial charge in [0.15, 0.2) is 23.0 Å². The lowest BCUT2D eigenvalue weighted by Crippen LogP contribution is -2.49. The highest BCUT2D eigenvalue weighted by Crippen LogP contribution is 2.41. The topological polar surface area (TPSA) is 80.7 Å². The number of anilines is 1. The first kappa shape index (κ1) is 26.7. The van der Waals surface area contributed by atoms with Gasteiger partial charge in [0.2, 0.25) is 5.75 Å². The molecule has 1 heterocycles. The summed E-state index contributed by atoms with van der Waals surface area (Å²) in [5, 5.41) is 10.3. The second-order valence-corrected chi connectivity index (χ2v) is 8.63. The Morgan fingerprint density at radius 1 is 0.842 bits per heavy atom. The van der Waals surface area contributed by atoms with E-state index in [0.29, 0.717) is 71.6 Å². The molecule has 0 radical (unpaired) electrons. The molecule has 1 aliphatic rings. The monoisotopic (exact) mass is 522 g/mol. The zero-order valence-corrected chi connectivity index (χ0v) is 21.9. The van der Waals surface area contributed by atoms with Gasteiger partial charge in [0.05, 0.1) is 34.1 Å². The van der Waals surface area contributed by atoms with E-state index in [1.54, 1.807) is 53.4 Å². The summed E-state index contributed by atoms with van der Waals surface area (Å²) in [7, 11) is 6.00. The number of phenolic OH excluding ortho intramolecular Hbond substituents is 1. The summed E-state index contributed by atoms with van der Waals surface area (Å²) in [4.78, 5) is 17.6. The van der Waals surface area contributed by atoms with E-state index in [2.05, 4.69) is 0 Å². The third kappa shape index (κ3) is 5.46. The Balaban J connectivity index is 1.71. The van der Waals surface area contributed by atoms with Gasteiger partial charge in [-0.1, -0.05) is 18.2 Å². The zero-order chi connectivity index (χ0) is 27.2. The van der Waals surface area contributed by atoms with Crippen LogP contribution in [-0.4, -0.2) is 70.5 Å². The van der Waals surface area contributed by atoms with Crippen molar-refractivity contribution in [3.8, 4) is 28.7 Å². The van der Waals surface area contributed by atoms with E-state index in [4.69, 9.17) is 18.9 Å². The lowest BCUT2D eigenvalue weighted by atomic mass is 9.99. The quantitative estimate of drug-likeness (QED) is 0.346. The molecule has 9 heteroatoms. The fourth-order valence-electron chi connectivity index (χ4n) is 4.50. The Hall–Kier alpha value is -4.40. The van der Waals surface area contributed by atoms with E-state index < -0.39 is 0 Å². The van der Waals surface area contributed by atoms with E-state index >= 15 is 0 Å². The molecule has 1 amide bonds. The maximum absolute atomic E-state index is 14.3. The average molecular weight is 523 g/mol. The molecule has 0 spiro atoms. The number of methoxy groups -OCH3 is 4. The van der Waals surface area contributed by atoms with Gasteiger partial charge in [-0.25, -0.2) is 4.39 Å². The normalized spacial score (nSPS) is 13.8. The molecule has 3 aromatic rings. The fourth-order valence-corrected chi connectivity index (χ4v) is 4.50. The molecule has 8 nitrogen and oxygen atoms in total. The van der Waals surface area contributed by atoms with Crippen LogP contribution in [0.3, 0.4) is 0 Å². The highest BCUT2D eigenvalue weighted by molar-refractivity contribution is 6.24. The summed E-state index contributed by atoms with van der Waals surface area (Å²) in [5.74, 6) is 0.993. The molecule has 3 aromatic carbocycles. The van der Waals surface area contributed by atoms with E-state index in [0.717, 1.165) is 0 Å². The first-order valence-corrected chi connectivity index (χ1v) is 12.1. The highest BCUT2D eigenvalue weighted by Gasteiger charge is 2.27. The van der Waals surface area contributed by atoms with Crippen LogP contribution in [0.25, 0.3) is 11.6 Å². The number of carbonyl (C=O) groups excluding carboxylic acids is 1. The van der Waals surface area contributed by atoms with Crippen LogP contribution in [0.5, 0.6) is 28.7 Å². The number of piperazine rings is 1. The summed E-state index contributed by atoms with van der Waals surface area (Å²) < 4.78 is 35.9. The zero-order valence-electron chi connectivity index (χ0n) is 21.9. The standard InChI is InChI=1S/C29H31FN2O6/c1-35-25-10-9-19(16-24(25)33)15-21(20-17-26(36-2)28(38-4)27(18-20)37-3)29(34)32-13-11-31(12-14-32)23-8-6-5-7-22(23)30/h5-10,15-18,33H,11-14H2,1-4H3/b21-15+. The largest absolute Gasteiger partial charge is 0.504 e. The summed E-state index contributed by atoms with van der Waals surface area (Å²) in [6.07, 6.45) is 1.70. The third-order valence-electron chi connectivity index (χ3n) is 6.48. The Morgan fingerprint density at radius 3 is 2.03 bits per heavy atom. The molecular weight excluding hydrogens is 491 g/mol. The number of aromatic hydroxyl groups is 1. The van der Waals surface area contributed by atoms with Crippen LogP contribution in [-0.2, 0) is 4.79 Å². The number of hydrogen-bond acceptors (Lipinski definition) is 7. The van der Waals surface area contributed by atoms with Crippen LogP contribution in [0.4, 0.5) is 10.1 Å². The van der Waals surface area contributed by atoms with Gasteiger partial charge in [0, 0.05) is 31.8 Å². The van der Waals surface area contributed by atoms with Gasteiger partial charge in [-0.15, -0.1) is 0 Å². The van der Waals surface area contributed by atoms with Crippen molar-refractivity contribution in [1.29, 1.82) is 0 Å². The van der Waals surface area contributed by atoms with E-state index in [1.165, 1.54) is 40.6 Å². The Morgan fingerprint density at radius 2 is 1.47 bits per heavy atom. The second kappa shape index (κ2) is 11.8. The molecule has 1 aliphatic heterocycles. The molecule has 0 unspecified atom stereocenters. The maximum Gasteiger partial charge on any atom is 0.254 e. The molecule has 1 N–H and O–H groups in total. The number of halogens is 1. The number of rotatable bonds is 8. The van der Waals surface area contributed by atoms with Crippen molar-refractivity contribution in [2.45, 2.75) is 0 Å². The van der Waals surface area contributed by atoms with Crippen molar-refractivity contribution in [3.05, 3.63) is 71.5 Å². The SMILES string of the molecule is COc1ccc(/C=C(/C(=O)N2CCN(c3ccccc3F)CC2)c2cc(OC)c(OC)c(OC)c2)cc1O. The summed E-state index contributed by atoms with van der Waals surface area (Å²) in [6.45, 7) is 1.78. The molecule has 0 aliphatic carbocycles. The number of para-hydroxylation sites is 1. The molecule has 1 fully saturated rings. The maximum atomic E-state index is 14.3. The predicted molar refractivity (Wildman–Crippen MR) is 144 cm³/mol. The minimum absolute atomic E-state index is 0.0450. The van der Waals surface area contributed by atoms with Crippen molar-refractivity contribution in [3.63, 3.8) is 0 Å². The summed E-state index contributed by atoms with van der Waals surface area (Å²) >= 11 is 0. The molecule has 0 bridgehead atoms. The third-order valence-corrected chi connectivity index (χ3v) is 6.48. The molecule has 0 aromatic heterocycles. The number of ether oxygens (including phenoxy) is 4. The number of benzene rings is 3. The van der Waals surface area contributed by atoms with E-state index in [9.17, 15) is 14.3 Å². The number of hydrogen-bond donors (Lipinski definition) is 1. The van der Waals surface area contributed by atoms with Crippen LogP contribution in [0, 0.1) is 5.82 Å². The first-order chi connectivity index (χ1) is 18.4. The van der Waals surface area contributed by atoms with Crippen LogP contribution in [0.2, 0.25) is 0 Å².